The molecule has 0 fully saturated rings. The smallest absolute Gasteiger partial charge is 0.255 e. The lowest BCUT2D eigenvalue weighted by Crippen LogP contribution is -2.33. The highest BCUT2D eigenvalue weighted by molar-refractivity contribution is 6.01. The van der Waals surface area contributed by atoms with E-state index in [-0.39, 0.29) is 23.8 Å². The first-order valence-corrected chi connectivity index (χ1v) is 7.47. The van der Waals surface area contributed by atoms with Crippen molar-refractivity contribution in [3.63, 3.8) is 0 Å². The topological polar surface area (TPSA) is 78.4 Å². The molecule has 0 saturated carbocycles. The van der Waals surface area contributed by atoms with E-state index in [1.54, 1.807) is 12.1 Å². The number of benzene rings is 2. The molecule has 120 valence electrons. The standard InChI is InChI=1S/C18H20N2O3/c1-3-13-6-4-5-7-15(13)20-17(22)11-19-18(23)14-10-12(2)8-9-16(14)21/h4-10,21H,3,11H2,1-2H3,(H,19,23)(H,20,22). The zero-order valence-corrected chi connectivity index (χ0v) is 13.2. The number of carbonyl (C=O) groups is 2. The molecule has 0 heterocycles. The Morgan fingerprint density at radius 3 is 2.61 bits per heavy atom. The predicted molar refractivity (Wildman–Crippen MR) is 89.6 cm³/mol. The first-order valence-electron chi connectivity index (χ1n) is 7.47. The second-order valence-electron chi connectivity index (χ2n) is 5.26. The van der Waals surface area contributed by atoms with Gasteiger partial charge in [0.15, 0.2) is 0 Å². The number of rotatable bonds is 5. The molecular formula is C18H20N2O3. The Morgan fingerprint density at radius 2 is 1.87 bits per heavy atom. The van der Waals surface area contributed by atoms with Crippen molar-refractivity contribution in [3.8, 4) is 5.75 Å². The number of hydrogen-bond acceptors (Lipinski definition) is 3. The van der Waals surface area contributed by atoms with Gasteiger partial charge in [0, 0.05) is 5.69 Å². The number of aromatic hydroxyl groups is 1. The lowest BCUT2D eigenvalue weighted by molar-refractivity contribution is -0.115. The number of para-hydroxylation sites is 1. The summed E-state index contributed by atoms with van der Waals surface area (Å²) in [6.07, 6.45) is 0.806. The molecule has 5 heteroatoms. The fourth-order valence-electron chi connectivity index (χ4n) is 2.23. The Labute approximate surface area is 135 Å². The molecule has 2 amide bonds. The molecule has 3 N–H and O–H groups in total. The Morgan fingerprint density at radius 1 is 1.13 bits per heavy atom. The third-order valence-corrected chi connectivity index (χ3v) is 3.48. The van der Waals surface area contributed by atoms with Gasteiger partial charge in [-0.1, -0.05) is 36.8 Å². The summed E-state index contributed by atoms with van der Waals surface area (Å²) in [5.41, 5.74) is 2.79. The highest BCUT2D eigenvalue weighted by atomic mass is 16.3. The maximum Gasteiger partial charge on any atom is 0.255 e. The largest absolute Gasteiger partial charge is 0.507 e. The molecule has 0 aromatic heterocycles. The molecular weight excluding hydrogens is 292 g/mol. The number of phenols is 1. The van der Waals surface area contributed by atoms with Crippen LogP contribution in [-0.4, -0.2) is 23.5 Å². The minimum Gasteiger partial charge on any atom is -0.507 e. The molecule has 0 aliphatic carbocycles. The highest BCUT2D eigenvalue weighted by Gasteiger charge is 2.13. The van der Waals surface area contributed by atoms with Gasteiger partial charge in [0.2, 0.25) is 5.91 Å². The van der Waals surface area contributed by atoms with Gasteiger partial charge < -0.3 is 15.7 Å². The van der Waals surface area contributed by atoms with Gasteiger partial charge in [0.1, 0.15) is 5.75 Å². The summed E-state index contributed by atoms with van der Waals surface area (Å²) in [4.78, 5) is 24.0. The van der Waals surface area contributed by atoms with Crippen LogP contribution in [0.3, 0.4) is 0 Å². The lowest BCUT2D eigenvalue weighted by atomic mass is 10.1. The number of carbonyl (C=O) groups excluding carboxylic acids is 2. The molecule has 0 aliphatic heterocycles. The summed E-state index contributed by atoms with van der Waals surface area (Å²) < 4.78 is 0. The van der Waals surface area contributed by atoms with Gasteiger partial charge in [-0.15, -0.1) is 0 Å². The number of anilines is 1. The molecule has 0 bridgehead atoms. The van der Waals surface area contributed by atoms with E-state index in [1.165, 1.54) is 6.07 Å². The molecule has 5 nitrogen and oxygen atoms in total. The van der Waals surface area contributed by atoms with Crippen LogP contribution >= 0.6 is 0 Å². The van der Waals surface area contributed by atoms with E-state index in [0.717, 1.165) is 23.2 Å². The molecule has 0 atom stereocenters. The van der Waals surface area contributed by atoms with E-state index in [2.05, 4.69) is 10.6 Å². The van der Waals surface area contributed by atoms with Crippen LogP contribution in [0.2, 0.25) is 0 Å². The first-order chi connectivity index (χ1) is 11.0. The third-order valence-electron chi connectivity index (χ3n) is 3.48. The van der Waals surface area contributed by atoms with Gasteiger partial charge in [-0.25, -0.2) is 0 Å². The number of hydrogen-bond donors (Lipinski definition) is 3. The molecule has 0 spiro atoms. The summed E-state index contributed by atoms with van der Waals surface area (Å²) in [6, 6.07) is 12.3. The minimum atomic E-state index is -0.481. The van der Waals surface area contributed by atoms with Crippen LogP contribution in [0.4, 0.5) is 5.69 Å². The van der Waals surface area contributed by atoms with E-state index < -0.39 is 5.91 Å². The minimum absolute atomic E-state index is 0.107. The number of amides is 2. The second kappa shape index (κ2) is 7.45. The third kappa shape index (κ3) is 4.32. The monoisotopic (exact) mass is 312 g/mol. The van der Waals surface area contributed by atoms with E-state index in [0.29, 0.717) is 0 Å². The van der Waals surface area contributed by atoms with Crippen molar-refractivity contribution in [3.05, 3.63) is 59.2 Å². The quantitative estimate of drug-likeness (QED) is 0.794. The number of nitrogens with one attached hydrogen (secondary N) is 2. The van der Waals surface area contributed by atoms with E-state index in [9.17, 15) is 14.7 Å². The lowest BCUT2D eigenvalue weighted by Gasteiger charge is -2.11. The van der Waals surface area contributed by atoms with E-state index in [4.69, 9.17) is 0 Å². The highest BCUT2D eigenvalue weighted by Crippen LogP contribution is 2.18. The van der Waals surface area contributed by atoms with Crippen LogP contribution in [0, 0.1) is 6.92 Å². The Kier molecular flexibility index (Phi) is 5.36. The fourth-order valence-corrected chi connectivity index (χ4v) is 2.23. The van der Waals surface area contributed by atoms with Gasteiger partial charge in [-0.3, -0.25) is 9.59 Å². The van der Waals surface area contributed by atoms with Gasteiger partial charge in [-0.05, 0) is 37.1 Å². The Hall–Kier alpha value is -2.82. The van der Waals surface area contributed by atoms with Crippen LogP contribution in [0.1, 0.15) is 28.4 Å². The number of phenolic OH excluding ortho intramolecular Hbond substituents is 1. The molecule has 2 rings (SSSR count). The summed E-state index contributed by atoms with van der Waals surface area (Å²) in [5.74, 6) is -0.902. The molecule has 2 aromatic rings. The Balaban J connectivity index is 1.96. The maximum absolute atomic E-state index is 12.0. The SMILES string of the molecule is CCc1ccccc1NC(=O)CNC(=O)c1cc(C)ccc1O. The normalized spacial score (nSPS) is 10.2. The molecule has 23 heavy (non-hydrogen) atoms. The average Bonchev–Trinajstić information content (AvgIpc) is 2.55. The molecule has 0 unspecified atom stereocenters. The predicted octanol–water partition coefficient (Wildman–Crippen LogP) is 2.63. The Bertz CT molecular complexity index is 726. The summed E-state index contributed by atoms with van der Waals surface area (Å²) in [5, 5.41) is 15.0. The van der Waals surface area contributed by atoms with Crippen molar-refractivity contribution in [2.24, 2.45) is 0 Å². The summed E-state index contributed by atoms with van der Waals surface area (Å²) in [7, 11) is 0. The second-order valence-corrected chi connectivity index (χ2v) is 5.26. The van der Waals surface area contributed by atoms with Gasteiger partial charge >= 0.3 is 0 Å². The van der Waals surface area contributed by atoms with Gasteiger partial charge in [0.25, 0.3) is 5.91 Å². The molecule has 0 radical (unpaired) electrons. The number of aryl methyl sites for hydroxylation is 2. The zero-order valence-electron chi connectivity index (χ0n) is 13.2. The van der Waals surface area contributed by atoms with Crippen LogP contribution in [0.5, 0.6) is 5.75 Å². The fraction of sp³-hybridized carbons (Fsp3) is 0.222. The molecule has 0 aliphatic rings. The molecule has 2 aromatic carbocycles. The van der Waals surface area contributed by atoms with Gasteiger partial charge in [-0.2, -0.15) is 0 Å². The maximum atomic E-state index is 12.0. The summed E-state index contributed by atoms with van der Waals surface area (Å²) in [6.45, 7) is 3.67. The van der Waals surface area contributed by atoms with Crippen molar-refractivity contribution in [1.82, 2.24) is 5.32 Å². The van der Waals surface area contributed by atoms with Crippen molar-refractivity contribution in [1.29, 1.82) is 0 Å². The van der Waals surface area contributed by atoms with Crippen molar-refractivity contribution >= 4 is 17.5 Å². The van der Waals surface area contributed by atoms with Crippen LogP contribution < -0.4 is 10.6 Å². The molecule has 0 saturated heterocycles. The zero-order chi connectivity index (χ0) is 16.8. The van der Waals surface area contributed by atoms with Crippen molar-refractivity contribution < 1.29 is 14.7 Å². The van der Waals surface area contributed by atoms with Crippen molar-refractivity contribution in [2.75, 3.05) is 11.9 Å². The van der Waals surface area contributed by atoms with Crippen LogP contribution in [0.15, 0.2) is 42.5 Å². The van der Waals surface area contributed by atoms with Crippen LogP contribution in [0.25, 0.3) is 0 Å². The average molecular weight is 312 g/mol. The first kappa shape index (κ1) is 16.5. The van der Waals surface area contributed by atoms with Crippen molar-refractivity contribution in [2.45, 2.75) is 20.3 Å². The van der Waals surface area contributed by atoms with Crippen LogP contribution in [-0.2, 0) is 11.2 Å². The summed E-state index contributed by atoms with van der Waals surface area (Å²) >= 11 is 0. The van der Waals surface area contributed by atoms with E-state index >= 15 is 0 Å². The van der Waals surface area contributed by atoms with Gasteiger partial charge in [0.05, 0.1) is 12.1 Å². The van der Waals surface area contributed by atoms with E-state index in [1.807, 2.05) is 38.1 Å².